The van der Waals surface area contributed by atoms with Gasteiger partial charge >= 0.3 is 0 Å². The van der Waals surface area contributed by atoms with E-state index < -0.39 is 6.04 Å². The van der Waals surface area contributed by atoms with E-state index in [9.17, 15) is 9.59 Å². The number of para-hydroxylation sites is 3. The Morgan fingerprint density at radius 1 is 0.897 bits per heavy atom. The van der Waals surface area contributed by atoms with E-state index in [-0.39, 0.29) is 18.2 Å². The van der Waals surface area contributed by atoms with E-state index in [1.54, 1.807) is 30.3 Å². The van der Waals surface area contributed by atoms with Gasteiger partial charge in [0.2, 0.25) is 11.8 Å². The number of carbonyl (C=O) groups excluding carboxylic acids is 2. The summed E-state index contributed by atoms with van der Waals surface area (Å²) in [6, 6.07) is 23.2. The van der Waals surface area contributed by atoms with Crippen LogP contribution >= 0.6 is 11.6 Å². The average Bonchev–Trinajstić information content (AvgIpc) is 2.71. The summed E-state index contributed by atoms with van der Waals surface area (Å²) in [7, 11) is 0. The van der Waals surface area contributed by atoms with Gasteiger partial charge in [0.15, 0.2) is 5.75 Å². The molecule has 148 valence electrons. The van der Waals surface area contributed by atoms with Gasteiger partial charge < -0.3 is 15.4 Å². The highest BCUT2D eigenvalue weighted by Crippen LogP contribution is 2.33. The third-order valence-electron chi connectivity index (χ3n) is 4.19. The van der Waals surface area contributed by atoms with Gasteiger partial charge in [0.25, 0.3) is 0 Å². The molecule has 0 spiro atoms. The molecule has 0 bridgehead atoms. The van der Waals surface area contributed by atoms with Crippen molar-refractivity contribution in [3.63, 3.8) is 0 Å². The Labute approximate surface area is 174 Å². The largest absolute Gasteiger partial charge is 0.454 e. The summed E-state index contributed by atoms with van der Waals surface area (Å²) < 4.78 is 5.88. The van der Waals surface area contributed by atoms with E-state index in [0.717, 1.165) is 5.56 Å². The molecule has 0 heterocycles. The number of benzene rings is 3. The van der Waals surface area contributed by atoms with E-state index in [1.807, 2.05) is 48.5 Å². The maximum absolute atomic E-state index is 12.7. The molecule has 1 atom stereocenters. The summed E-state index contributed by atoms with van der Waals surface area (Å²) in [6.07, 6.45) is 0.0873. The van der Waals surface area contributed by atoms with Gasteiger partial charge in [-0.15, -0.1) is 0 Å². The van der Waals surface area contributed by atoms with Gasteiger partial charge in [0.05, 0.1) is 23.2 Å². The monoisotopic (exact) mass is 408 g/mol. The lowest BCUT2D eigenvalue weighted by Crippen LogP contribution is -2.29. The topological polar surface area (TPSA) is 67.4 Å². The normalized spacial score (nSPS) is 11.4. The fourth-order valence-electron chi connectivity index (χ4n) is 2.87. The molecular weight excluding hydrogens is 388 g/mol. The van der Waals surface area contributed by atoms with Crippen LogP contribution in [-0.4, -0.2) is 11.8 Å². The Balaban J connectivity index is 1.74. The SMILES string of the molecule is CC(=O)NC(CC(=O)Nc1ccccc1Oc1ccccc1Cl)c1ccccc1. The highest BCUT2D eigenvalue weighted by Gasteiger charge is 2.18. The van der Waals surface area contributed by atoms with Crippen molar-refractivity contribution < 1.29 is 14.3 Å². The van der Waals surface area contributed by atoms with Crippen LogP contribution in [0.5, 0.6) is 11.5 Å². The predicted octanol–water partition coefficient (Wildman–Crippen LogP) is 5.34. The number of rotatable bonds is 7. The third-order valence-corrected chi connectivity index (χ3v) is 4.50. The van der Waals surface area contributed by atoms with E-state index in [4.69, 9.17) is 16.3 Å². The minimum atomic E-state index is -0.426. The highest BCUT2D eigenvalue weighted by molar-refractivity contribution is 6.32. The Kier molecular flexibility index (Phi) is 6.87. The first-order valence-corrected chi connectivity index (χ1v) is 9.54. The second-order valence-corrected chi connectivity index (χ2v) is 6.85. The van der Waals surface area contributed by atoms with Gasteiger partial charge in [-0.2, -0.15) is 0 Å². The van der Waals surface area contributed by atoms with Crippen molar-refractivity contribution in [2.75, 3.05) is 5.32 Å². The molecule has 0 aliphatic heterocycles. The summed E-state index contributed by atoms with van der Waals surface area (Å²) in [5, 5.41) is 6.17. The Morgan fingerprint density at radius 2 is 1.52 bits per heavy atom. The average molecular weight is 409 g/mol. The Bertz CT molecular complexity index is 992. The van der Waals surface area contributed by atoms with Crippen molar-refractivity contribution in [2.45, 2.75) is 19.4 Å². The molecule has 0 aliphatic rings. The maximum atomic E-state index is 12.7. The van der Waals surface area contributed by atoms with Gasteiger partial charge in [-0.05, 0) is 29.8 Å². The summed E-state index contributed by atoms with van der Waals surface area (Å²) in [4.78, 5) is 24.3. The van der Waals surface area contributed by atoms with Crippen molar-refractivity contribution in [1.82, 2.24) is 5.32 Å². The second-order valence-electron chi connectivity index (χ2n) is 6.44. The molecule has 0 aromatic heterocycles. The summed E-state index contributed by atoms with van der Waals surface area (Å²) in [5.74, 6) is 0.526. The molecule has 0 fully saturated rings. The lowest BCUT2D eigenvalue weighted by molar-refractivity contribution is -0.120. The Hall–Kier alpha value is -3.31. The fourth-order valence-corrected chi connectivity index (χ4v) is 3.05. The van der Waals surface area contributed by atoms with Crippen LogP contribution in [-0.2, 0) is 9.59 Å². The van der Waals surface area contributed by atoms with Crippen LogP contribution in [0.25, 0.3) is 0 Å². The zero-order valence-corrected chi connectivity index (χ0v) is 16.6. The zero-order valence-electron chi connectivity index (χ0n) is 15.9. The van der Waals surface area contributed by atoms with Crippen LogP contribution in [0.3, 0.4) is 0 Å². The molecule has 0 saturated carbocycles. The van der Waals surface area contributed by atoms with Crippen molar-refractivity contribution in [3.8, 4) is 11.5 Å². The first kappa shape index (κ1) is 20.4. The van der Waals surface area contributed by atoms with E-state index in [1.165, 1.54) is 6.92 Å². The molecule has 2 N–H and O–H groups in total. The van der Waals surface area contributed by atoms with Crippen LogP contribution in [0.2, 0.25) is 5.02 Å². The fraction of sp³-hybridized carbons (Fsp3) is 0.130. The number of hydrogen-bond acceptors (Lipinski definition) is 3. The number of halogens is 1. The van der Waals surface area contributed by atoms with Gasteiger partial charge in [0, 0.05) is 6.92 Å². The molecule has 3 rings (SSSR count). The van der Waals surface area contributed by atoms with Gasteiger partial charge in [0.1, 0.15) is 5.75 Å². The minimum absolute atomic E-state index is 0.0873. The number of hydrogen-bond donors (Lipinski definition) is 2. The number of amides is 2. The Morgan fingerprint density at radius 3 is 2.21 bits per heavy atom. The van der Waals surface area contributed by atoms with Crippen LogP contribution in [0.15, 0.2) is 78.9 Å². The van der Waals surface area contributed by atoms with Gasteiger partial charge in [-0.3, -0.25) is 9.59 Å². The van der Waals surface area contributed by atoms with Crippen molar-refractivity contribution in [2.24, 2.45) is 0 Å². The minimum Gasteiger partial charge on any atom is -0.454 e. The molecule has 5 nitrogen and oxygen atoms in total. The van der Waals surface area contributed by atoms with E-state index >= 15 is 0 Å². The molecule has 3 aromatic carbocycles. The predicted molar refractivity (Wildman–Crippen MR) is 114 cm³/mol. The molecule has 0 aliphatic carbocycles. The molecule has 2 amide bonds. The third kappa shape index (κ3) is 5.83. The summed E-state index contributed by atoms with van der Waals surface area (Å²) >= 11 is 6.16. The van der Waals surface area contributed by atoms with E-state index in [0.29, 0.717) is 22.2 Å². The second kappa shape index (κ2) is 9.75. The molecular formula is C23H21ClN2O3. The van der Waals surface area contributed by atoms with E-state index in [2.05, 4.69) is 10.6 Å². The van der Waals surface area contributed by atoms with Crippen LogP contribution in [0.4, 0.5) is 5.69 Å². The lowest BCUT2D eigenvalue weighted by atomic mass is 10.0. The number of nitrogens with one attached hydrogen (secondary N) is 2. The van der Waals surface area contributed by atoms with Crippen molar-refractivity contribution >= 4 is 29.1 Å². The highest BCUT2D eigenvalue weighted by atomic mass is 35.5. The lowest BCUT2D eigenvalue weighted by Gasteiger charge is -2.19. The number of ether oxygens (including phenoxy) is 1. The number of anilines is 1. The first-order chi connectivity index (χ1) is 14.0. The smallest absolute Gasteiger partial charge is 0.226 e. The molecule has 6 heteroatoms. The van der Waals surface area contributed by atoms with Crippen molar-refractivity contribution in [3.05, 3.63) is 89.4 Å². The molecule has 29 heavy (non-hydrogen) atoms. The molecule has 0 saturated heterocycles. The van der Waals surface area contributed by atoms with Crippen LogP contribution < -0.4 is 15.4 Å². The van der Waals surface area contributed by atoms with Gasteiger partial charge in [-0.25, -0.2) is 0 Å². The molecule has 3 aromatic rings. The van der Waals surface area contributed by atoms with Crippen LogP contribution in [0.1, 0.15) is 24.9 Å². The first-order valence-electron chi connectivity index (χ1n) is 9.16. The van der Waals surface area contributed by atoms with Crippen molar-refractivity contribution in [1.29, 1.82) is 0 Å². The quantitative estimate of drug-likeness (QED) is 0.554. The standard InChI is InChI=1S/C23H21ClN2O3/c1-16(27)25-20(17-9-3-2-4-10-17)15-23(28)26-19-12-6-8-14-22(19)29-21-13-7-5-11-18(21)24/h2-14,20H,15H2,1H3,(H,25,27)(H,26,28). The zero-order chi connectivity index (χ0) is 20.6. The van der Waals surface area contributed by atoms with Crippen LogP contribution in [0, 0.1) is 0 Å². The molecule has 1 unspecified atom stereocenters. The maximum Gasteiger partial charge on any atom is 0.226 e. The summed E-state index contributed by atoms with van der Waals surface area (Å²) in [6.45, 7) is 1.43. The number of carbonyl (C=O) groups is 2. The van der Waals surface area contributed by atoms with Gasteiger partial charge in [-0.1, -0.05) is 66.2 Å². The summed E-state index contributed by atoms with van der Waals surface area (Å²) in [5.41, 5.74) is 1.38. The molecule has 0 radical (unpaired) electrons.